The fraction of sp³-hybridized carbons (Fsp3) is 0.220. The summed E-state index contributed by atoms with van der Waals surface area (Å²) in [6, 6.07) is 41.7. The third-order valence-electron chi connectivity index (χ3n) is 8.57. The average molecular weight is 720 g/mol. The van der Waals surface area contributed by atoms with Crippen molar-refractivity contribution in [3.63, 3.8) is 0 Å². The minimum Gasteiger partial charge on any atom is -0.497 e. The number of amides is 1. The van der Waals surface area contributed by atoms with Gasteiger partial charge in [0.1, 0.15) is 11.5 Å². The maximum absolute atomic E-state index is 14.6. The van der Waals surface area contributed by atoms with Gasteiger partial charge in [-0.25, -0.2) is 4.99 Å². The maximum atomic E-state index is 14.6. The highest BCUT2D eigenvalue weighted by molar-refractivity contribution is 9.10. The van der Waals surface area contributed by atoms with Crippen LogP contribution >= 0.6 is 15.9 Å². The lowest BCUT2D eigenvalue weighted by molar-refractivity contribution is -0.128. The van der Waals surface area contributed by atoms with Crippen LogP contribution in [0.15, 0.2) is 137 Å². The Morgan fingerprint density at radius 1 is 0.837 bits per heavy atom. The van der Waals surface area contributed by atoms with Crippen molar-refractivity contribution in [1.29, 1.82) is 0 Å². The topological polar surface area (TPSA) is 89.4 Å². The summed E-state index contributed by atoms with van der Waals surface area (Å²) in [5, 5.41) is 12.3. The van der Waals surface area contributed by atoms with E-state index in [2.05, 4.69) is 45.5 Å². The fourth-order valence-electron chi connectivity index (χ4n) is 5.98. The third-order valence-corrected chi connectivity index (χ3v) is 9.10. The van der Waals surface area contributed by atoms with Gasteiger partial charge in [0, 0.05) is 36.0 Å². The summed E-state index contributed by atoms with van der Waals surface area (Å²) in [5.74, 6) is 1.63. The maximum Gasteiger partial charge on any atom is 0.252 e. The average Bonchev–Trinajstić information content (AvgIpc) is 3.54. The largest absolute Gasteiger partial charge is 0.497 e. The highest BCUT2D eigenvalue weighted by atomic mass is 79.9. The quantitative estimate of drug-likeness (QED) is 0.115. The van der Waals surface area contributed by atoms with Crippen molar-refractivity contribution in [2.45, 2.75) is 30.9 Å². The van der Waals surface area contributed by atoms with Crippen molar-refractivity contribution in [3.05, 3.63) is 154 Å². The molecule has 0 fully saturated rings. The number of methoxy groups -OCH3 is 1. The van der Waals surface area contributed by atoms with E-state index < -0.39 is 11.6 Å². The molecule has 0 aliphatic carbocycles. The molecule has 0 aromatic heterocycles. The minimum absolute atomic E-state index is 0.0680. The number of carbonyl (C=O) groups excluding carboxylic acids is 1. The van der Waals surface area contributed by atoms with Crippen LogP contribution < -0.4 is 14.8 Å². The van der Waals surface area contributed by atoms with E-state index in [9.17, 15) is 4.79 Å². The molecule has 6 rings (SSSR count). The fourth-order valence-corrected chi connectivity index (χ4v) is 6.24. The first kappa shape index (κ1) is 34.0. The molecular formula is C41H39BrN2O5. The Kier molecular flexibility index (Phi) is 11.1. The first-order valence-electron chi connectivity index (χ1n) is 16.4. The van der Waals surface area contributed by atoms with Crippen molar-refractivity contribution in [3.8, 4) is 22.6 Å². The molecule has 1 amide bonds. The number of aliphatic hydroxyl groups is 1. The predicted octanol–water partition coefficient (Wildman–Crippen LogP) is 7.74. The molecule has 0 saturated carbocycles. The van der Waals surface area contributed by atoms with Crippen LogP contribution in [0, 0.1) is 0 Å². The molecule has 7 nitrogen and oxygen atoms in total. The Morgan fingerprint density at radius 2 is 1.55 bits per heavy atom. The molecule has 1 aliphatic rings. The number of halogens is 1. The number of aliphatic imine (C=N–C) groups is 1. The lowest BCUT2D eigenvalue weighted by atomic mass is 9.81. The number of benzene rings is 5. The van der Waals surface area contributed by atoms with E-state index in [1.807, 2.05) is 103 Å². The zero-order valence-electron chi connectivity index (χ0n) is 27.3. The number of aliphatic hydroxyl groups excluding tert-OH is 1. The number of rotatable bonds is 14. The zero-order valence-corrected chi connectivity index (χ0v) is 28.9. The Balaban J connectivity index is 1.37. The lowest BCUT2D eigenvalue weighted by Gasteiger charge is -2.31. The monoisotopic (exact) mass is 718 g/mol. The number of nitrogens with zero attached hydrogens (tertiary/aromatic N) is 1. The van der Waals surface area contributed by atoms with Crippen molar-refractivity contribution in [2.75, 3.05) is 26.9 Å². The molecule has 0 unspecified atom stereocenters. The molecule has 5 aromatic carbocycles. The van der Waals surface area contributed by atoms with Gasteiger partial charge in [0.2, 0.25) is 5.90 Å². The summed E-state index contributed by atoms with van der Waals surface area (Å²) in [6.45, 7) is 0.900. The van der Waals surface area contributed by atoms with Crippen LogP contribution in [-0.4, -0.2) is 49.3 Å². The second-order valence-corrected chi connectivity index (χ2v) is 12.9. The normalized spacial score (nSPS) is 16.8. The first-order valence-corrected chi connectivity index (χ1v) is 17.2. The highest BCUT2D eigenvalue weighted by Gasteiger charge is 2.53. The van der Waals surface area contributed by atoms with Gasteiger partial charge in [0.05, 0.1) is 13.7 Å². The second-order valence-electron chi connectivity index (χ2n) is 11.9. The molecule has 1 heterocycles. The number of hydrogen-bond acceptors (Lipinski definition) is 6. The van der Waals surface area contributed by atoms with Gasteiger partial charge >= 0.3 is 0 Å². The van der Waals surface area contributed by atoms with E-state index in [1.54, 1.807) is 7.11 Å². The van der Waals surface area contributed by atoms with E-state index in [4.69, 9.17) is 24.3 Å². The van der Waals surface area contributed by atoms with Crippen LogP contribution in [0.3, 0.4) is 0 Å². The molecule has 0 radical (unpaired) electrons. The van der Waals surface area contributed by atoms with Crippen molar-refractivity contribution >= 4 is 27.7 Å². The van der Waals surface area contributed by atoms with Gasteiger partial charge in [-0.2, -0.15) is 0 Å². The molecular weight excluding hydrogens is 680 g/mol. The highest BCUT2D eigenvalue weighted by Crippen LogP contribution is 2.43. The van der Waals surface area contributed by atoms with Gasteiger partial charge in [-0.1, -0.05) is 94.8 Å². The molecule has 250 valence electrons. The second kappa shape index (κ2) is 16.0. The lowest BCUT2D eigenvalue weighted by Crippen LogP contribution is -2.50. The Labute approximate surface area is 295 Å². The summed E-state index contributed by atoms with van der Waals surface area (Å²) < 4.78 is 18.8. The molecule has 2 atom stereocenters. The van der Waals surface area contributed by atoms with Crippen LogP contribution in [0.25, 0.3) is 11.1 Å². The Hall–Kier alpha value is -4.92. The summed E-state index contributed by atoms with van der Waals surface area (Å²) in [4.78, 5) is 19.8. The summed E-state index contributed by atoms with van der Waals surface area (Å²) in [6.07, 6.45) is 0.798. The summed E-state index contributed by atoms with van der Waals surface area (Å²) >= 11 is 3.54. The van der Waals surface area contributed by atoms with E-state index >= 15 is 0 Å². The van der Waals surface area contributed by atoms with Crippen LogP contribution in [0.2, 0.25) is 0 Å². The Bertz CT molecular complexity index is 1860. The first-order chi connectivity index (χ1) is 24.0. The van der Waals surface area contributed by atoms with Gasteiger partial charge in [-0.05, 0) is 82.8 Å². The number of hydrogen-bond donors (Lipinski definition) is 2. The number of carbonyl (C=O) groups is 1. The minimum atomic E-state index is -1.30. The molecule has 0 bridgehead atoms. The van der Waals surface area contributed by atoms with Gasteiger partial charge in [0.25, 0.3) is 5.91 Å². The van der Waals surface area contributed by atoms with E-state index in [0.29, 0.717) is 44.1 Å². The van der Waals surface area contributed by atoms with Gasteiger partial charge in [-0.15, -0.1) is 0 Å². The van der Waals surface area contributed by atoms with Gasteiger partial charge in [-0.3, -0.25) is 4.79 Å². The molecule has 0 saturated heterocycles. The number of ether oxygens (including phenoxy) is 3. The molecule has 0 spiro atoms. The van der Waals surface area contributed by atoms with E-state index in [-0.39, 0.29) is 12.5 Å². The Morgan fingerprint density at radius 3 is 2.27 bits per heavy atom. The molecule has 2 N–H and O–H groups in total. The number of nitrogens with one attached hydrogen (secondary N) is 1. The molecule has 5 aromatic rings. The van der Waals surface area contributed by atoms with Crippen LogP contribution in [0.4, 0.5) is 0 Å². The van der Waals surface area contributed by atoms with E-state index in [1.165, 1.54) is 0 Å². The summed E-state index contributed by atoms with van der Waals surface area (Å²) in [7, 11) is 1.65. The summed E-state index contributed by atoms with van der Waals surface area (Å²) in [5.41, 5.74) is 4.48. The smallest absolute Gasteiger partial charge is 0.252 e. The van der Waals surface area contributed by atoms with Crippen molar-refractivity contribution in [2.24, 2.45) is 4.99 Å². The third kappa shape index (κ3) is 8.21. The van der Waals surface area contributed by atoms with Crippen molar-refractivity contribution < 1.29 is 24.1 Å². The van der Waals surface area contributed by atoms with Crippen LogP contribution in [-0.2, 0) is 22.4 Å². The predicted molar refractivity (Wildman–Crippen MR) is 196 cm³/mol. The van der Waals surface area contributed by atoms with Crippen molar-refractivity contribution in [1.82, 2.24) is 5.32 Å². The standard InChI is InChI=1S/C41H39BrN2O5/c1-47-37-10-5-7-29(27-37)23-24-43-40(46)41(28-30-11-19-35(42)20-12-30)38(33-15-13-32(14-16-33)31-8-3-2-4-9-31)49-39(44-41)34-17-21-36(22-18-34)48-26-6-25-45/h2-5,7-22,27,38,45H,6,23-26,28H2,1H3,(H,43,46)/t38-,41-/m1/s1. The molecule has 8 heteroatoms. The van der Waals surface area contributed by atoms with Crippen LogP contribution in [0.1, 0.15) is 34.8 Å². The SMILES string of the molecule is COc1cccc(CCNC(=O)[C@]2(Cc3ccc(Br)cc3)N=C(c3ccc(OCCCO)cc3)O[C@@H]2c2ccc(-c3ccccc3)cc2)c1. The molecule has 49 heavy (non-hydrogen) atoms. The molecule has 1 aliphatic heterocycles. The van der Waals surface area contributed by atoms with Crippen LogP contribution in [0.5, 0.6) is 11.5 Å². The van der Waals surface area contributed by atoms with Gasteiger partial charge < -0.3 is 24.6 Å². The zero-order chi connectivity index (χ0) is 34.1. The van der Waals surface area contributed by atoms with Gasteiger partial charge in [0.15, 0.2) is 11.6 Å². The van der Waals surface area contributed by atoms with E-state index in [0.717, 1.165) is 43.6 Å².